The zero-order chi connectivity index (χ0) is 35.9. The summed E-state index contributed by atoms with van der Waals surface area (Å²) in [6.07, 6.45) is 19.3. The normalized spacial score (nSPS) is 15.7. The number of nitrogens with zero attached hydrogens (tertiary/aromatic N) is 2. The number of anilines is 1. The van der Waals surface area contributed by atoms with E-state index in [-0.39, 0.29) is 4.90 Å². The van der Waals surface area contributed by atoms with E-state index >= 15 is 0 Å². The number of sulfone groups is 1. The Kier molecular flexibility index (Phi) is 10.8. The molecular weight excluding hydrogens is 657 g/mol. The van der Waals surface area contributed by atoms with E-state index in [1.807, 2.05) is 42.5 Å². The first-order valence-electron chi connectivity index (χ1n) is 18.7. The third-order valence-electron chi connectivity index (χ3n) is 10.1. The number of benzene rings is 4. The van der Waals surface area contributed by atoms with E-state index in [0.717, 1.165) is 74.1 Å². The second-order valence-corrected chi connectivity index (χ2v) is 15.4. The average molecular weight is 704 g/mol. The lowest BCUT2D eigenvalue weighted by molar-refractivity contribution is -0.673. The third-order valence-corrected chi connectivity index (χ3v) is 11.9. The summed E-state index contributed by atoms with van der Waals surface area (Å²) in [4.78, 5) is 3.00. The van der Waals surface area contributed by atoms with Crippen LogP contribution in [0.4, 0.5) is 5.69 Å². The molecule has 1 aromatic heterocycles. The summed E-state index contributed by atoms with van der Waals surface area (Å²) in [5.74, 6) is 0. The molecule has 0 radical (unpaired) electrons. The van der Waals surface area contributed by atoms with Crippen molar-refractivity contribution < 1.29 is 13.0 Å². The standard InChI is InChI=1S/C47H47N2O2S/c1-3-5-16-34-48-38(28-26-36-18-10-14-24-45(36)48)30-32-43-41-22-12-13-23-42(41)44(47(43)52(50,51)40-20-8-7-9-21-40)33-31-39-29-27-37-19-11-15-25-46(37)49(39)35-17-6-4-2/h7-15,18-33H,3-6,16-17,34-35H2,1-2H3/q+1. The Morgan fingerprint density at radius 2 is 1.37 bits per heavy atom. The summed E-state index contributed by atoms with van der Waals surface area (Å²) in [6, 6.07) is 38.2. The Bertz CT molecular complexity index is 2350. The largest absolute Gasteiger partial charge is 0.341 e. The number of pyridine rings is 1. The van der Waals surface area contributed by atoms with Crippen LogP contribution >= 0.6 is 0 Å². The van der Waals surface area contributed by atoms with Crippen molar-refractivity contribution in [1.29, 1.82) is 0 Å². The van der Waals surface area contributed by atoms with Gasteiger partial charge in [-0.2, -0.15) is 4.57 Å². The lowest BCUT2D eigenvalue weighted by Crippen LogP contribution is -2.38. The van der Waals surface area contributed by atoms with Crippen LogP contribution < -0.4 is 9.47 Å². The van der Waals surface area contributed by atoms with E-state index in [4.69, 9.17) is 0 Å². The number of aryl methyl sites for hydroxylation is 1. The Hall–Kier alpha value is -5.26. The van der Waals surface area contributed by atoms with Crippen molar-refractivity contribution in [3.63, 3.8) is 0 Å². The van der Waals surface area contributed by atoms with E-state index in [9.17, 15) is 8.42 Å². The van der Waals surface area contributed by atoms with E-state index < -0.39 is 9.84 Å². The molecule has 1 aliphatic carbocycles. The molecule has 52 heavy (non-hydrogen) atoms. The number of hydrogen-bond donors (Lipinski definition) is 0. The van der Waals surface area contributed by atoms with Crippen LogP contribution in [0.1, 0.15) is 74.8 Å². The van der Waals surface area contributed by atoms with E-state index in [0.29, 0.717) is 16.1 Å². The number of fused-ring (bicyclic) bond motifs is 3. The highest BCUT2D eigenvalue weighted by Gasteiger charge is 2.34. The van der Waals surface area contributed by atoms with Crippen molar-refractivity contribution in [3.8, 4) is 0 Å². The number of hydrogen-bond acceptors (Lipinski definition) is 3. The van der Waals surface area contributed by atoms with Crippen LogP contribution in [0.2, 0.25) is 0 Å². The third kappa shape index (κ3) is 7.11. The molecule has 7 rings (SSSR count). The highest BCUT2D eigenvalue weighted by Crippen LogP contribution is 2.47. The molecule has 0 bridgehead atoms. The van der Waals surface area contributed by atoms with E-state index in [1.54, 1.807) is 24.3 Å². The molecule has 5 aromatic rings. The molecule has 1 aliphatic heterocycles. The molecule has 4 nitrogen and oxygen atoms in total. The Labute approximate surface area is 309 Å². The molecule has 0 saturated carbocycles. The number of para-hydroxylation sites is 2. The van der Waals surface area contributed by atoms with Crippen molar-refractivity contribution in [2.75, 3.05) is 11.4 Å². The predicted molar refractivity (Wildman–Crippen MR) is 218 cm³/mol. The van der Waals surface area contributed by atoms with Gasteiger partial charge in [-0.05, 0) is 78.1 Å². The molecule has 0 spiro atoms. The van der Waals surface area contributed by atoms with Gasteiger partial charge in [0.25, 0.3) is 0 Å². The maximum absolute atomic E-state index is 14.8. The summed E-state index contributed by atoms with van der Waals surface area (Å²) in [5, 5.41) is 1.19. The van der Waals surface area contributed by atoms with Crippen LogP contribution in [0.3, 0.4) is 0 Å². The quantitative estimate of drug-likeness (QED) is 0.0905. The van der Waals surface area contributed by atoms with Gasteiger partial charge in [0, 0.05) is 59.1 Å². The zero-order valence-electron chi connectivity index (χ0n) is 30.2. The van der Waals surface area contributed by atoms with Crippen LogP contribution in [0.25, 0.3) is 34.2 Å². The number of unbranched alkanes of at least 4 members (excludes halogenated alkanes) is 4. The molecule has 5 heteroatoms. The molecule has 0 saturated heterocycles. The SMILES string of the molecule is CCCCCN1/C(=C/C=C2C(S(=O)(=O)c3ccccc3)=C(/C=C/c3ccc4ccccc4[n+]3CCCCC)c3ccccc3/2)C=Cc2ccccc21. The summed E-state index contributed by atoms with van der Waals surface area (Å²) in [6.45, 7) is 6.23. The second kappa shape index (κ2) is 16.0. The summed E-state index contributed by atoms with van der Waals surface area (Å²) in [5.41, 5.74) is 8.89. The van der Waals surface area contributed by atoms with Gasteiger partial charge < -0.3 is 4.90 Å². The number of aromatic nitrogens is 1. The predicted octanol–water partition coefficient (Wildman–Crippen LogP) is 11.2. The Balaban J connectivity index is 1.40. The van der Waals surface area contributed by atoms with Gasteiger partial charge in [0.2, 0.25) is 21.0 Å². The first-order valence-corrected chi connectivity index (χ1v) is 20.2. The van der Waals surface area contributed by atoms with Gasteiger partial charge in [-0.25, -0.2) is 8.42 Å². The fraction of sp³-hybridized carbons (Fsp3) is 0.213. The van der Waals surface area contributed by atoms with Gasteiger partial charge in [0.1, 0.15) is 6.54 Å². The molecule has 0 fully saturated rings. The maximum atomic E-state index is 14.8. The minimum Gasteiger partial charge on any atom is -0.341 e. The highest BCUT2D eigenvalue weighted by atomic mass is 32.2. The molecule has 0 atom stereocenters. The topological polar surface area (TPSA) is 41.3 Å². The van der Waals surface area contributed by atoms with Crippen LogP contribution in [0.5, 0.6) is 0 Å². The first-order chi connectivity index (χ1) is 25.5. The fourth-order valence-electron chi connectivity index (χ4n) is 7.40. The minimum atomic E-state index is -3.91. The smallest absolute Gasteiger partial charge is 0.212 e. The van der Waals surface area contributed by atoms with Crippen molar-refractivity contribution in [2.45, 2.75) is 63.8 Å². The fourth-order valence-corrected chi connectivity index (χ4v) is 9.09. The monoisotopic (exact) mass is 703 g/mol. The van der Waals surface area contributed by atoms with Crippen molar-refractivity contribution in [3.05, 3.63) is 173 Å². The van der Waals surface area contributed by atoms with Crippen LogP contribution in [-0.4, -0.2) is 15.0 Å². The zero-order valence-corrected chi connectivity index (χ0v) is 31.0. The van der Waals surface area contributed by atoms with E-state index in [1.165, 1.54) is 22.2 Å². The molecule has 262 valence electrons. The Morgan fingerprint density at radius 3 is 2.19 bits per heavy atom. The Morgan fingerprint density at radius 1 is 0.654 bits per heavy atom. The highest BCUT2D eigenvalue weighted by molar-refractivity contribution is 7.96. The molecule has 0 N–H and O–H groups in total. The molecule has 0 unspecified atom stereocenters. The molecule has 4 aromatic carbocycles. The van der Waals surface area contributed by atoms with Gasteiger partial charge >= 0.3 is 0 Å². The van der Waals surface area contributed by atoms with Crippen LogP contribution in [0, 0.1) is 0 Å². The summed E-state index contributed by atoms with van der Waals surface area (Å²) >= 11 is 0. The van der Waals surface area contributed by atoms with Gasteiger partial charge in [-0.1, -0.05) is 118 Å². The minimum absolute atomic E-state index is 0.287. The average Bonchev–Trinajstić information content (AvgIpc) is 3.51. The van der Waals surface area contributed by atoms with Crippen molar-refractivity contribution in [1.82, 2.24) is 0 Å². The maximum Gasteiger partial charge on any atom is 0.212 e. The van der Waals surface area contributed by atoms with Crippen molar-refractivity contribution in [2.24, 2.45) is 0 Å². The lowest BCUT2D eigenvalue weighted by Gasteiger charge is -2.30. The second-order valence-electron chi connectivity index (χ2n) is 13.5. The van der Waals surface area contributed by atoms with Gasteiger partial charge in [0.15, 0.2) is 0 Å². The van der Waals surface area contributed by atoms with Gasteiger partial charge in [-0.3, -0.25) is 0 Å². The molecule has 2 aliphatic rings. The van der Waals surface area contributed by atoms with Crippen LogP contribution in [-0.2, 0) is 16.4 Å². The molecular formula is C47H47N2O2S+. The molecule has 2 heterocycles. The summed E-state index contributed by atoms with van der Waals surface area (Å²) in [7, 11) is -3.91. The van der Waals surface area contributed by atoms with E-state index in [2.05, 4.69) is 108 Å². The van der Waals surface area contributed by atoms with Gasteiger partial charge in [-0.15, -0.1) is 0 Å². The number of allylic oxidation sites excluding steroid dienone is 6. The first kappa shape index (κ1) is 35.2. The van der Waals surface area contributed by atoms with Crippen LogP contribution in [0.15, 0.2) is 155 Å². The summed E-state index contributed by atoms with van der Waals surface area (Å²) < 4.78 is 32.0. The van der Waals surface area contributed by atoms with Crippen molar-refractivity contribution >= 4 is 49.7 Å². The number of rotatable bonds is 13. The molecule has 0 amide bonds. The van der Waals surface area contributed by atoms with Gasteiger partial charge in [0.05, 0.1) is 9.80 Å². The lowest BCUT2D eigenvalue weighted by atomic mass is 10.0.